The van der Waals surface area contributed by atoms with Gasteiger partial charge in [0.25, 0.3) is 0 Å². The summed E-state index contributed by atoms with van der Waals surface area (Å²) in [5.74, 6) is 0.630. The molecule has 0 bridgehead atoms. The zero-order valence-corrected chi connectivity index (χ0v) is 15.0. The van der Waals surface area contributed by atoms with Gasteiger partial charge in [-0.2, -0.15) is 12.7 Å². The number of anilines is 2. The molecule has 1 spiro atoms. The molecule has 0 atom stereocenters. The van der Waals surface area contributed by atoms with Crippen molar-refractivity contribution in [2.75, 3.05) is 38.0 Å². The van der Waals surface area contributed by atoms with Crippen LogP contribution in [0.1, 0.15) is 25.7 Å². The number of hydrogen-bond donors (Lipinski definition) is 0. The van der Waals surface area contributed by atoms with Crippen LogP contribution in [0.4, 0.5) is 11.4 Å². The predicted molar refractivity (Wildman–Crippen MR) is 94.5 cm³/mol. The summed E-state index contributed by atoms with van der Waals surface area (Å²) >= 11 is 0. The molecule has 126 valence electrons. The first kappa shape index (κ1) is 16.3. The first-order chi connectivity index (χ1) is 10.8. The second-order valence-corrected chi connectivity index (χ2v) is 8.33. The molecule has 0 saturated heterocycles. The van der Waals surface area contributed by atoms with Gasteiger partial charge in [0.15, 0.2) is 0 Å². The summed E-state index contributed by atoms with van der Waals surface area (Å²) in [6.45, 7) is 0. The fraction of sp³-hybridized carbons (Fsp3) is 0.562. The van der Waals surface area contributed by atoms with E-state index in [9.17, 15) is 8.42 Å². The lowest BCUT2D eigenvalue weighted by atomic mass is 9.89. The van der Waals surface area contributed by atoms with Gasteiger partial charge in [-0.15, -0.1) is 4.40 Å². The zero-order chi connectivity index (χ0) is 16.8. The lowest BCUT2D eigenvalue weighted by Crippen LogP contribution is -2.60. The normalized spacial score (nSPS) is 22.2. The molecule has 1 saturated carbocycles. The van der Waals surface area contributed by atoms with Crippen LogP contribution in [0, 0.1) is 0 Å². The van der Waals surface area contributed by atoms with E-state index in [0.29, 0.717) is 5.84 Å². The molecular formula is C16H24N4O2S. The number of hydrogen-bond acceptors (Lipinski definition) is 3. The fourth-order valence-corrected chi connectivity index (χ4v) is 4.37. The van der Waals surface area contributed by atoms with Gasteiger partial charge >= 0.3 is 10.2 Å². The molecule has 3 rings (SSSR count). The standard InChI is InChI=1S/C16H24N4O2S/c1-18(2)23(21,22)17-15-16(11-7-8-12-16)20(4)14-10-6-5-9-13(14)19(15)3/h5-6,9-10H,7-8,11-12H2,1-4H3/b17-15+. The van der Waals surface area contributed by atoms with Gasteiger partial charge in [-0.05, 0) is 25.0 Å². The summed E-state index contributed by atoms with van der Waals surface area (Å²) < 4.78 is 30.2. The van der Waals surface area contributed by atoms with Gasteiger partial charge in [-0.3, -0.25) is 0 Å². The summed E-state index contributed by atoms with van der Waals surface area (Å²) in [7, 11) is 3.33. The molecule has 1 aliphatic heterocycles. The average Bonchev–Trinajstić information content (AvgIpc) is 3.00. The van der Waals surface area contributed by atoms with Crippen molar-refractivity contribution in [2.24, 2.45) is 4.40 Å². The molecule has 7 heteroatoms. The van der Waals surface area contributed by atoms with E-state index in [4.69, 9.17) is 0 Å². The summed E-state index contributed by atoms with van der Waals surface area (Å²) in [6, 6.07) is 8.08. The maximum Gasteiger partial charge on any atom is 0.323 e. The lowest BCUT2D eigenvalue weighted by molar-refractivity contribution is 0.514. The molecular weight excluding hydrogens is 312 g/mol. The van der Waals surface area contributed by atoms with Gasteiger partial charge in [0.1, 0.15) is 5.84 Å². The van der Waals surface area contributed by atoms with E-state index in [-0.39, 0.29) is 5.54 Å². The van der Waals surface area contributed by atoms with Crippen molar-refractivity contribution in [1.29, 1.82) is 0 Å². The Hall–Kier alpha value is -1.60. The van der Waals surface area contributed by atoms with Crippen LogP contribution in [0.25, 0.3) is 0 Å². The van der Waals surface area contributed by atoms with Crippen molar-refractivity contribution in [1.82, 2.24) is 4.31 Å². The molecule has 0 N–H and O–H groups in total. The highest BCUT2D eigenvalue weighted by atomic mass is 32.2. The Morgan fingerprint density at radius 3 is 2.22 bits per heavy atom. The molecule has 6 nitrogen and oxygen atoms in total. The third-order valence-electron chi connectivity index (χ3n) is 5.07. The molecule has 0 radical (unpaired) electrons. The zero-order valence-electron chi connectivity index (χ0n) is 14.2. The van der Waals surface area contributed by atoms with Crippen molar-refractivity contribution in [3.05, 3.63) is 24.3 Å². The van der Waals surface area contributed by atoms with Crippen LogP contribution in [0.5, 0.6) is 0 Å². The fourth-order valence-electron chi connectivity index (χ4n) is 3.69. The third kappa shape index (κ3) is 2.42. The summed E-state index contributed by atoms with van der Waals surface area (Å²) in [4.78, 5) is 4.17. The number of fused-ring (bicyclic) bond motifs is 1. The van der Waals surface area contributed by atoms with Crippen LogP contribution in [-0.2, 0) is 10.2 Å². The van der Waals surface area contributed by atoms with E-state index in [1.807, 2.05) is 30.1 Å². The van der Waals surface area contributed by atoms with E-state index in [0.717, 1.165) is 41.4 Å². The summed E-state index contributed by atoms with van der Waals surface area (Å²) in [6.07, 6.45) is 4.01. The Bertz CT molecular complexity index is 736. The molecule has 0 amide bonds. The Morgan fingerprint density at radius 2 is 1.65 bits per heavy atom. The Balaban J connectivity index is 2.23. The quantitative estimate of drug-likeness (QED) is 0.830. The van der Waals surface area contributed by atoms with Crippen LogP contribution >= 0.6 is 0 Å². The van der Waals surface area contributed by atoms with Crippen LogP contribution in [0.2, 0.25) is 0 Å². The van der Waals surface area contributed by atoms with Gasteiger partial charge in [-0.1, -0.05) is 25.0 Å². The number of para-hydroxylation sites is 2. The van der Waals surface area contributed by atoms with Gasteiger partial charge in [0.05, 0.1) is 16.9 Å². The van der Waals surface area contributed by atoms with Crippen LogP contribution in [0.3, 0.4) is 0 Å². The van der Waals surface area contributed by atoms with Gasteiger partial charge in [0.2, 0.25) is 0 Å². The minimum Gasteiger partial charge on any atom is -0.360 e. The molecule has 2 aliphatic rings. The van der Waals surface area contributed by atoms with E-state index in [1.54, 1.807) is 0 Å². The number of likely N-dealkylation sites (N-methyl/N-ethyl adjacent to an activating group) is 2. The monoisotopic (exact) mass is 336 g/mol. The second-order valence-electron chi connectivity index (χ2n) is 6.52. The minimum atomic E-state index is -3.67. The van der Waals surface area contributed by atoms with Crippen molar-refractivity contribution >= 4 is 27.4 Å². The summed E-state index contributed by atoms with van der Waals surface area (Å²) in [5, 5.41) is 0. The predicted octanol–water partition coefficient (Wildman–Crippen LogP) is 2.09. The molecule has 1 fully saturated rings. The molecule has 1 aliphatic carbocycles. The Kier molecular flexibility index (Phi) is 3.88. The second kappa shape index (κ2) is 5.49. The summed E-state index contributed by atoms with van der Waals surface area (Å²) in [5.41, 5.74) is 1.77. The molecule has 1 aromatic carbocycles. The maximum atomic E-state index is 12.4. The van der Waals surface area contributed by atoms with Crippen LogP contribution in [0.15, 0.2) is 28.7 Å². The molecule has 1 aromatic rings. The number of rotatable bonds is 2. The van der Waals surface area contributed by atoms with Crippen LogP contribution < -0.4 is 9.80 Å². The highest BCUT2D eigenvalue weighted by Crippen LogP contribution is 2.46. The SMILES string of the molecule is CN1/C(=N/S(=O)(=O)N(C)C)C2(CCCC2)N(C)c2ccccc21. The molecule has 0 unspecified atom stereocenters. The van der Waals surface area contributed by atoms with E-state index in [2.05, 4.69) is 22.4 Å². The molecule has 0 aromatic heterocycles. The smallest absolute Gasteiger partial charge is 0.323 e. The first-order valence-corrected chi connectivity index (χ1v) is 9.29. The van der Waals surface area contributed by atoms with Crippen molar-refractivity contribution in [3.63, 3.8) is 0 Å². The average molecular weight is 336 g/mol. The van der Waals surface area contributed by atoms with Gasteiger partial charge in [-0.25, -0.2) is 0 Å². The largest absolute Gasteiger partial charge is 0.360 e. The molecule has 1 heterocycles. The van der Waals surface area contributed by atoms with Crippen molar-refractivity contribution in [2.45, 2.75) is 31.2 Å². The van der Waals surface area contributed by atoms with Gasteiger partial charge < -0.3 is 9.80 Å². The van der Waals surface area contributed by atoms with E-state index in [1.165, 1.54) is 14.1 Å². The van der Waals surface area contributed by atoms with Gasteiger partial charge in [0, 0.05) is 28.2 Å². The Morgan fingerprint density at radius 1 is 1.09 bits per heavy atom. The van der Waals surface area contributed by atoms with Crippen molar-refractivity contribution in [3.8, 4) is 0 Å². The van der Waals surface area contributed by atoms with Crippen LogP contribution in [-0.4, -0.2) is 52.3 Å². The minimum absolute atomic E-state index is 0.341. The van der Waals surface area contributed by atoms with Crippen molar-refractivity contribution < 1.29 is 8.42 Å². The topological polar surface area (TPSA) is 56.2 Å². The number of amidine groups is 1. The van der Waals surface area contributed by atoms with E-state index >= 15 is 0 Å². The Labute approximate surface area is 138 Å². The first-order valence-electron chi connectivity index (χ1n) is 7.89. The third-order valence-corrected chi connectivity index (χ3v) is 6.40. The molecule has 23 heavy (non-hydrogen) atoms. The highest BCUT2D eigenvalue weighted by Gasteiger charge is 2.49. The number of benzene rings is 1. The maximum absolute atomic E-state index is 12.4. The number of nitrogens with zero attached hydrogens (tertiary/aromatic N) is 4. The lowest BCUT2D eigenvalue weighted by Gasteiger charge is -2.49. The highest BCUT2D eigenvalue weighted by molar-refractivity contribution is 7.87. The van der Waals surface area contributed by atoms with E-state index < -0.39 is 10.2 Å².